The van der Waals surface area contributed by atoms with Crippen LogP contribution in [0.25, 0.3) is 0 Å². The molecule has 0 saturated heterocycles. The monoisotopic (exact) mass is 547 g/mol. The lowest BCUT2D eigenvalue weighted by molar-refractivity contribution is -0.137. The van der Waals surface area contributed by atoms with Gasteiger partial charge in [0.2, 0.25) is 5.91 Å². The molecule has 11 nitrogen and oxygen atoms in total. The average Bonchev–Trinajstić information content (AvgIpc) is 3.29. The molecule has 1 aromatic heterocycles. The van der Waals surface area contributed by atoms with Gasteiger partial charge >= 0.3 is 11.8 Å². The fourth-order valence-electron chi connectivity index (χ4n) is 4.66. The van der Waals surface area contributed by atoms with Crippen molar-refractivity contribution in [3.05, 3.63) is 38.8 Å². The van der Waals surface area contributed by atoms with Crippen LogP contribution in [-0.2, 0) is 27.3 Å². The van der Waals surface area contributed by atoms with E-state index in [0.717, 1.165) is 30.1 Å². The van der Waals surface area contributed by atoms with Gasteiger partial charge in [0.1, 0.15) is 0 Å². The van der Waals surface area contributed by atoms with Gasteiger partial charge in [-0.3, -0.25) is 19.2 Å². The second-order valence-corrected chi connectivity index (χ2v) is 10.9. The third-order valence-corrected chi connectivity index (χ3v) is 8.00. The third kappa shape index (κ3) is 6.38. The summed E-state index contributed by atoms with van der Waals surface area (Å²) in [5.74, 6) is -2.59. The Morgan fingerprint density at radius 3 is 2.65 bits per heavy atom. The highest BCUT2D eigenvalue weighted by molar-refractivity contribution is 7.13. The molecule has 1 aromatic carbocycles. The number of nitrogens with two attached hydrogens (primary N) is 1. The van der Waals surface area contributed by atoms with Crippen molar-refractivity contribution >= 4 is 57.9 Å². The lowest BCUT2D eigenvalue weighted by Crippen LogP contribution is -2.57. The second kappa shape index (κ2) is 11.4. The van der Waals surface area contributed by atoms with Gasteiger partial charge in [-0.2, -0.15) is 0 Å². The van der Waals surface area contributed by atoms with E-state index in [2.05, 4.69) is 31.2 Å². The first-order chi connectivity index (χ1) is 17.6. The summed E-state index contributed by atoms with van der Waals surface area (Å²) in [4.78, 5) is 58.5. The van der Waals surface area contributed by atoms with Gasteiger partial charge in [0, 0.05) is 48.4 Å². The molecular formula is C24H30ClN7O4S. The Morgan fingerprint density at radius 2 is 1.92 bits per heavy atom. The molecule has 1 saturated carbocycles. The average molecular weight is 548 g/mol. The van der Waals surface area contributed by atoms with E-state index in [9.17, 15) is 19.2 Å². The van der Waals surface area contributed by atoms with Crippen LogP contribution in [0.2, 0.25) is 5.02 Å². The SMILES string of the molecule is CNC(=O)[C@H]1CC[C@H](NC(=O)C(=O)Nc2ccc(Cl)cc2N)[C@H](NC(=O)c2nc3c(s2)CN(C)CC3)C1. The van der Waals surface area contributed by atoms with Gasteiger partial charge in [0.05, 0.1) is 23.1 Å². The number of fused-ring (bicyclic) bond motifs is 1. The minimum Gasteiger partial charge on any atom is -0.397 e. The number of hydrogen-bond donors (Lipinski definition) is 5. The molecule has 2 aromatic rings. The van der Waals surface area contributed by atoms with Crippen molar-refractivity contribution in [2.45, 2.75) is 44.3 Å². The highest BCUT2D eigenvalue weighted by Crippen LogP contribution is 2.28. The van der Waals surface area contributed by atoms with E-state index in [1.54, 1.807) is 13.1 Å². The van der Waals surface area contributed by atoms with Crippen molar-refractivity contribution in [3.63, 3.8) is 0 Å². The molecule has 0 unspecified atom stereocenters. The number of hydrogen-bond acceptors (Lipinski definition) is 8. The molecule has 1 aliphatic heterocycles. The maximum Gasteiger partial charge on any atom is 0.313 e. The van der Waals surface area contributed by atoms with Crippen LogP contribution in [0.5, 0.6) is 0 Å². The van der Waals surface area contributed by atoms with Gasteiger partial charge in [0.15, 0.2) is 5.01 Å². The number of rotatable bonds is 5. The number of likely N-dealkylation sites (N-methyl/N-ethyl adjacent to an activating group) is 1. The molecule has 4 rings (SSSR count). The number of halogens is 1. The Hall–Kier alpha value is -3.22. The molecule has 2 aliphatic rings. The first-order valence-electron chi connectivity index (χ1n) is 12.0. The van der Waals surface area contributed by atoms with E-state index in [1.165, 1.54) is 23.5 Å². The molecule has 0 radical (unpaired) electrons. The number of anilines is 2. The summed E-state index contributed by atoms with van der Waals surface area (Å²) in [6, 6.07) is 3.41. The normalized spacial score (nSPS) is 21.4. The van der Waals surface area contributed by atoms with Crippen LogP contribution in [-0.4, -0.2) is 66.2 Å². The van der Waals surface area contributed by atoms with Crippen molar-refractivity contribution in [2.75, 3.05) is 31.7 Å². The summed E-state index contributed by atoms with van der Waals surface area (Å²) in [6.45, 7) is 1.63. The lowest BCUT2D eigenvalue weighted by Gasteiger charge is -2.36. The lowest BCUT2D eigenvalue weighted by atomic mass is 9.81. The van der Waals surface area contributed by atoms with Crippen molar-refractivity contribution in [2.24, 2.45) is 5.92 Å². The van der Waals surface area contributed by atoms with E-state index in [4.69, 9.17) is 17.3 Å². The first kappa shape index (κ1) is 26.8. The van der Waals surface area contributed by atoms with Gasteiger partial charge in [-0.05, 0) is 44.5 Å². The smallest absolute Gasteiger partial charge is 0.313 e. The molecule has 6 N–H and O–H groups in total. The third-order valence-electron chi connectivity index (χ3n) is 6.68. The number of carbonyl (C=O) groups excluding carboxylic acids is 4. The largest absolute Gasteiger partial charge is 0.397 e. The molecule has 0 spiro atoms. The molecule has 0 bridgehead atoms. The van der Waals surface area contributed by atoms with E-state index in [0.29, 0.717) is 29.3 Å². The molecule has 1 aliphatic carbocycles. The van der Waals surface area contributed by atoms with Gasteiger partial charge < -0.3 is 31.9 Å². The summed E-state index contributed by atoms with van der Waals surface area (Å²) in [7, 11) is 3.59. The number of nitrogens with zero attached hydrogens (tertiary/aromatic N) is 2. The summed E-state index contributed by atoms with van der Waals surface area (Å²) >= 11 is 7.24. The van der Waals surface area contributed by atoms with Crippen LogP contribution >= 0.6 is 22.9 Å². The van der Waals surface area contributed by atoms with Crippen molar-refractivity contribution in [1.29, 1.82) is 0 Å². The van der Waals surface area contributed by atoms with Crippen molar-refractivity contribution in [1.82, 2.24) is 25.8 Å². The highest BCUT2D eigenvalue weighted by Gasteiger charge is 2.37. The van der Waals surface area contributed by atoms with Crippen LogP contribution in [0.4, 0.5) is 11.4 Å². The fraction of sp³-hybridized carbons (Fsp3) is 0.458. The number of nitrogen functional groups attached to an aromatic ring is 1. The van der Waals surface area contributed by atoms with E-state index in [-0.39, 0.29) is 29.1 Å². The topological polar surface area (TPSA) is 159 Å². The maximum atomic E-state index is 13.1. The first-order valence-corrected chi connectivity index (χ1v) is 13.2. The van der Waals surface area contributed by atoms with Gasteiger partial charge in [-0.15, -0.1) is 11.3 Å². The van der Waals surface area contributed by atoms with Crippen molar-refractivity contribution < 1.29 is 19.2 Å². The molecule has 1 fully saturated rings. The van der Waals surface area contributed by atoms with Crippen LogP contribution < -0.4 is 27.0 Å². The van der Waals surface area contributed by atoms with Crippen LogP contribution in [0.15, 0.2) is 18.2 Å². The molecule has 4 amide bonds. The van der Waals surface area contributed by atoms with E-state index in [1.807, 2.05) is 7.05 Å². The predicted molar refractivity (Wildman–Crippen MR) is 141 cm³/mol. The zero-order valence-electron chi connectivity index (χ0n) is 20.6. The fourth-order valence-corrected chi connectivity index (χ4v) is 5.93. The second-order valence-electron chi connectivity index (χ2n) is 9.35. The zero-order chi connectivity index (χ0) is 26.7. The van der Waals surface area contributed by atoms with Crippen molar-refractivity contribution in [3.8, 4) is 0 Å². The molecular weight excluding hydrogens is 518 g/mol. The van der Waals surface area contributed by atoms with E-state index >= 15 is 0 Å². The van der Waals surface area contributed by atoms with Crippen LogP contribution in [0.3, 0.4) is 0 Å². The quantitative estimate of drug-likeness (QED) is 0.277. The Kier molecular flexibility index (Phi) is 8.30. The molecule has 2 heterocycles. The molecule has 13 heteroatoms. The number of carbonyl (C=O) groups is 4. The summed E-state index contributed by atoms with van der Waals surface area (Å²) in [5.41, 5.74) is 7.28. The highest BCUT2D eigenvalue weighted by atomic mass is 35.5. The maximum absolute atomic E-state index is 13.1. The summed E-state index contributed by atoms with van der Waals surface area (Å²) < 4.78 is 0. The number of aromatic nitrogens is 1. The van der Waals surface area contributed by atoms with Crippen LogP contribution in [0, 0.1) is 5.92 Å². The van der Waals surface area contributed by atoms with Gasteiger partial charge in [-0.1, -0.05) is 11.6 Å². The van der Waals surface area contributed by atoms with Gasteiger partial charge in [0.25, 0.3) is 5.91 Å². The molecule has 198 valence electrons. The minimum absolute atomic E-state index is 0.132. The summed E-state index contributed by atoms with van der Waals surface area (Å²) in [6.07, 6.45) is 2.00. The Labute approximate surface area is 223 Å². The van der Waals surface area contributed by atoms with E-state index < -0.39 is 23.9 Å². The van der Waals surface area contributed by atoms with Gasteiger partial charge in [-0.25, -0.2) is 4.98 Å². The number of benzene rings is 1. The Bertz CT molecular complexity index is 1220. The standard InChI is InChI=1S/C24H30ClN7O4S/c1-27-20(33)12-3-5-16(29-22(35)21(34)28-15-6-4-13(25)10-14(15)26)18(9-12)30-23(36)24-31-17-7-8-32(2)11-19(17)37-24/h4,6,10,12,16,18H,3,5,7-9,11,26H2,1-2H3,(H,27,33)(H,28,34)(H,29,35)(H,30,36)/t12-,16-,18+/m0/s1. The minimum atomic E-state index is -0.899. The van der Waals surface area contributed by atoms with Crippen LogP contribution in [0.1, 0.15) is 39.6 Å². The number of amides is 4. The number of nitrogens with one attached hydrogen (secondary N) is 4. The summed E-state index contributed by atoms with van der Waals surface area (Å²) in [5, 5.41) is 11.6. The predicted octanol–water partition coefficient (Wildman–Crippen LogP) is 1.13. The molecule has 37 heavy (non-hydrogen) atoms. The Morgan fingerprint density at radius 1 is 1.14 bits per heavy atom. The Balaban J connectivity index is 1.45. The molecule has 3 atom stereocenters. The number of thiazole rings is 1. The zero-order valence-corrected chi connectivity index (χ0v) is 22.2.